The van der Waals surface area contributed by atoms with Crippen LogP contribution >= 0.6 is 0 Å². The van der Waals surface area contributed by atoms with Crippen LogP contribution in [0.4, 0.5) is 10.6 Å². The van der Waals surface area contributed by atoms with Gasteiger partial charge in [-0.2, -0.15) is 0 Å². The zero-order valence-corrected chi connectivity index (χ0v) is 19.3. The van der Waals surface area contributed by atoms with Crippen LogP contribution in [0.25, 0.3) is 0 Å². The highest BCUT2D eigenvalue weighted by Gasteiger charge is 2.48. The number of hydrogen-bond acceptors (Lipinski definition) is 7. The number of fused-ring (bicyclic) bond motifs is 1. The molecule has 4 amide bonds. The standard InChI is InChI=1S/C24H26N6O4/c1-29(2)11-10-25-20-7-4-16(13-26-20)8-9-24(22(32)27-23(33)28-24)15-30-14-17-5-6-18(34-3)12-19(17)21(30)31/h4-7,12-13H,10-11,14-15H2,1-3H3,(H,25,26)(H2,27,28,32,33)/t24-/m1/s1. The summed E-state index contributed by atoms with van der Waals surface area (Å²) in [5.74, 6) is 6.25. The SMILES string of the molecule is COc1ccc2c(c1)C(=O)N(C[C@@]1(C#Cc3ccc(NCCN(C)C)nc3)NC(=O)NC1=O)C2. The molecule has 2 aliphatic rings. The van der Waals surface area contributed by atoms with E-state index in [1.54, 1.807) is 30.5 Å². The van der Waals surface area contributed by atoms with Crippen LogP contribution in [0.1, 0.15) is 21.5 Å². The molecule has 0 aliphatic carbocycles. The molecule has 3 heterocycles. The molecule has 1 saturated heterocycles. The summed E-state index contributed by atoms with van der Waals surface area (Å²) in [6.45, 7) is 1.83. The summed E-state index contributed by atoms with van der Waals surface area (Å²) < 4.78 is 5.21. The average Bonchev–Trinajstić information content (AvgIpc) is 3.27. The molecule has 1 atom stereocenters. The Balaban J connectivity index is 1.52. The van der Waals surface area contributed by atoms with Crippen LogP contribution in [0.15, 0.2) is 36.5 Å². The zero-order valence-electron chi connectivity index (χ0n) is 19.3. The van der Waals surface area contributed by atoms with Crippen LogP contribution in [-0.2, 0) is 11.3 Å². The molecule has 1 fully saturated rings. The molecular formula is C24H26N6O4. The van der Waals surface area contributed by atoms with Gasteiger partial charge in [-0.15, -0.1) is 0 Å². The number of aromatic nitrogens is 1. The fourth-order valence-electron chi connectivity index (χ4n) is 3.77. The Morgan fingerprint density at radius 3 is 2.71 bits per heavy atom. The number of amides is 4. The molecule has 0 spiro atoms. The number of anilines is 1. The van der Waals surface area contributed by atoms with Crippen LogP contribution < -0.4 is 20.7 Å². The Morgan fingerprint density at radius 2 is 2.06 bits per heavy atom. The zero-order chi connectivity index (χ0) is 24.3. The summed E-state index contributed by atoms with van der Waals surface area (Å²) in [6.07, 6.45) is 1.59. The number of pyridine rings is 1. The summed E-state index contributed by atoms with van der Waals surface area (Å²) in [5, 5.41) is 8.05. The Kier molecular flexibility index (Phi) is 6.38. The van der Waals surface area contributed by atoms with Gasteiger partial charge in [0.15, 0.2) is 0 Å². The summed E-state index contributed by atoms with van der Waals surface area (Å²) in [7, 11) is 5.52. The smallest absolute Gasteiger partial charge is 0.323 e. The molecule has 0 saturated carbocycles. The molecule has 10 nitrogen and oxygen atoms in total. The molecule has 0 radical (unpaired) electrons. The van der Waals surface area contributed by atoms with Crippen LogP contribution in [0.3, 0.4) is 0 Å². The highest BCUT2D eigenvalue weighted by atomic mass is 16.5. The first kappa shape index (κ1) is 23.1. The van der Waals surface area contributed by atoms with Gasteiger partial charge in [0.1, 0.15) is 11.6 Å². The normalized spacial score (nSPS) is 18.8. The second-order valence-electron chi connectivity index (χ2n) is 8.41. The van der Waals surface area contributed by atoms with Crippen molar-refractivity contribution in [2.45, 2.75) is 12.1 Å². The van der Waals surface area contributed by atoms with E-state index in [1.165, 1.54) is 12.0 Å². The molecule has 34 heavy (non-hydrogen) atoms. The van der Waals surface area contributed by atoms with Gasteiger partial charge in [0.2, 0.25) is 5.54 Å². The third-order valence-electron chi connectivity index (χ3n) is 5.61. The van der Waals surface area contributed by atoms with Crippen LogP contribution in [0, 0.1) is 11.8 Å². The van der Waals surface area contributed by atoms with Crippen LogP contribution in [-0.4, -0.2) is 79.0 Å². The first-order valence-corrected chi connectivity index (χ1v) is 10.8. The third-order valence-corrected chi connectivity index (χ3v) is 5.61. The third kappa shape index (κ3) is 4.79. The lowest BCUT2D eigenvalue weighted by molar-refractivity contribution is -0.122. The highest BCUT2D eigenvalue weighted by molar-refractivity contribution is 6.10. The number of benzene rings is 1. The molecule has 2 aromatic rings. The van der Waals surface area contributed by atoms with Crippen molar-refractivity contribution >= 4 is 23.7 Å². The van der Waals surface area contributed by atoms with Gasteiger partial charge in [-0.1, -0.05) is 17.9 Å². The maximum absolute atomic E-state index is 13.0. The van der Waals surface area contributed by atoms with E-state index in [-0.39, 0.29) is 12.5 Å². The van der Waals surface area contributed by atoms with Gasteiger partial charge in [-0.25, -0.2) is 9.78 Å². The second-order valence-corrected chi connectivity index (χ2v) is 8.41. The molecule has 1 aromatic heterocycles. The molecule has 2 aliphatic heterocycles. The van der Waals surface area contributed by atoms with Crippen molar-refractivity contribution in [2.24, 2.45) is 0 Å². The number of ether oxygens (including phenoxy) is 1. The summed E-state index contributed by atoms with van der Waals surface area (Å²) in [4.78, 5) is 45.6. The second kappa shape index (κ2) is 9.41. The molecule has 0 bridgehead atoms. The van der Waals surface area contributed by atoms with E-state index < -0.39 is 17.5 Å². The molecule has 4 rings (SSSR count). The monoisotopic (exact) mass is 462 g/mol. The Labute approximate surface area is 197 Å². The fraction of sp³-hybridized carbons (Fsp3) is 0.333. The van der Waals surface area contributed by atoms with Gasteiger partial charge in [-0.3, -0.25) is 14.9 Å². The minimum Gasteiger partial charge on any atom is -0.497 e. The number of imide groups is 1. The van der Waals surface area contributed by atoms with E-state index in [9.17, 15) is 14.4 Å². The van der Waals surface area contributed by atoms with Crippen LogP contribution in [0.2, 0.25) is 0 Å². The van der Waals surface area contributed by atoms with Crippen molar-refractivity contribution < 1.29 is 19.1 Å². The van der Waals surface area contributed by atoms with Gasteiger partial charge < -0.3 is 25.2 Å². The molecular weight excluding hydrogens is 436 g/mol. The van der Waals surface area contributed by atoms with Crippen molar-refractivity contribution in [1.29, 1.82) is 0 Å². The number of likely N-dealkylation sites (N-methyl/N-ethyl adjacent to an activating group) is 1. The van der Waals surface area contributed by atoms with Crippen LogP contribution in [0.5, 0.6) is 5.75 Å². The van der Waals surface area contributed by atoms with Gasteiger partial charge in [0.05, 0.1) is 13.7 Å². The quantitative estimate of drug-likeness (QED) is 0.409. The number of rotatable bonds is 7. The number of urea groups is 1. The number of carbonyl (C=O) groups is 3. The number of nitrogens with one attached hydrogen (secondary N) is 3. The van der Waals surface area contributed by atoms with E-state index in [0.717, 1.165) is 18.7 Å². The van der Waals surface area contributed by atoms with Crippen molar-refractivity contribution in [1.82, 2.24) is 25.4 Å². The maximum atomic E-state index is 13.0. The van der Waals surface area contributed by atoms with Gasteiger partial charge in [-0.05, 0) is 43.9 Å². The Morgan fingerprint density at radius 1 is 1.24 bits per heavy atom. The maximum Gasteiger partial charge on any atom is 0.323 e. The fourth-order valence-corrected chi connectivity index (χ4v) is 3.77. The van der Waals surface area contributed by atoms with E-state index in [0.29, 0.717) is 29.2 Å². The van der Waals surface area contributed by atoms with E-state index in [2.05, 4.69) is 37.7 Å². The van der Waals surface area contributed by atoms with Crippen molar-refractivity contribution in [3.63, 3.8) is 0 Å². The summed E-state index contributed by atoms with van der Waals surface area (Å²) in [6, 6.07) is 8.20. The first-order chi connectivity index (χ1) is 16.3. The summed E-state index contributed by atoms with van der Waals surface area (Å²) in [5.41, 5.74) is 0.336. The number of hydrogen-bond donors (Lipinski definition) is 3. The minimum absolute atomic E-state index is 0.0923. The number of nitrogens with zero attached hydrogens (tertiary/aromatic N) is 3. The van der Waals surface area contributed by atoms with Gasteiger partial charge in [0.25, 0.3) is 11.8 Å². The molecule has 176 valence electrons. The Bertz CT molecular complexity index is 1180. The van der Waals surface area contributed by atoms with Crippen molar-refractivity contribution in [2.75, 3.05) is 46.2 Å². The minimum atomic E-state index is -1.57. The van der Waals surface area contributed by atoms with Gasteiger partial charge in [0, 0.05) is 37.0 Å². The van der Waals surface area contributed by atoms with E-state index >= 15 is 0 Å². The topological polar surface area (TPSA) is 116 Å². The Hall–Kier alpha value is -4.10. The highest BCUT2D eigenvalue weighted by Crippen LogP contribution is 2.28. The van der Waals surface area contributed by atoms with Gasteiger partial charge >= 0.3 is 6.03 Å². The van der Waals surface area contributed by atoms with Crippen molar-refractivity contribution in [3.05, 3.63) is 53.2 Å². The molecule has 1 aromatic carbocycles. The van der Waals surface area contributed by atoms with E-state index in [4.69, 9.17) is 4.74 Å². The average molecular weight is 463 g/mol. The predicted molar refractivity (Wildman–Crippen MR) is 125 cm³/mol. The predicted octanol–water partition coefficient (Wildman–Crippen LogP) is 0.649. The lowest BCUT2D eigenvalue weighted by atomic mass is 9.99. The number of methoxy groups -OCH3 is 1. The molecule has 0 unspecified atom stereocenters. The largest absolute Gasteiger partial charge is 0.497 e. The lowest BCUT2D eigenvalue weighted by Crippen LogP contribution is -2.54. The van der Waals surface area contributed by atoms with E-state index in [1.807, 2.05) is 20.2 Å². The molecule has 3 N–H and O–H groups in total. The lowest BCUT2D eigenvalue weighted by Gasteiger charge is -2.26. The van der Waals surface area contributed by atoms with Crippen molar-refractivity contribution in [3.8, 4) is 17.6 Å². The molecule has 10 heteroatoms. The summed E-state index contributed by atoms with van der Waals surface area (Å²) >= 11 is 0. The number of carbonyl (C=O) groups excluding carboxylic acids is 3. The first-order valence-electron chi connectivity index (χ1n) is 10.8.